The van der Waals surface area contributed by atoms with Gasteiger partial charge in [-0.2, -0.15) is 0 Å². The maximum absolute atomic E-state index is 11.7. The Morgan fingerprint density at radius 2 is 1.91 bits per heavy atom. The summed E-state index contributed by atoms with van der Waals surface area (Å²) in [6.07, 6.45) is 0.647. The quantitative estimate of drug-likeness (QED) is 0.692. The normalized spacial score (nSPS) is 11.4. The molecule has 1 aromatic carbocycles. The van der Waals surface area contributed by atoms with Crippen molar-refractivity contribution in [3.05, 3.63) is 62.9 Å². The molecule has 2 aliphatic rings. The minimum atomic E-state index is -3.73. The van der Waals surface area contributed by atoms with Crippen LogP contribution in [0.15, 0.2) is 51.8 Å². The SMILES string of the molecule is Brc1cc2ccc1=2.CCCNS(=O)(=O)c1ccccc1C(=O)O. The Morgan fingerprint density at radius 1 is 1.22 bits per heavy atom. The summed E-state index contributed by atoms with van der Waals surface area (Å²) < 4.78 is 27.1. The molecule has 122 valence electrons. The van der Waals surface area contributed by atoms with E-state index in [0.717, 1.165) is 0 Å². The minimum absolute atomic E-state index is 0.198. The number of halogens is 1. The molecule has 2 N–H and O–H groups in total. The van der Waals surface area contributed by atoms with E-state index in [-0.39, 0.29) is 17.0 Å². The van der Waals surface area contributed by atoms with E-state index in [1.807, 2.05) is 6.92 Å². The second-order valence-electron chi connectivity index (χ2n) is 4.89. The first-order chi connectivity index (χ1) is 10.9. The average molecular weight is 398 g/mol. The van der Waals surface area contributed by atoms with Crippen LogP contribution in [0.2, 0.25) is 0 Å². The fourth-order valence-electron chi connectivity index (χ4n) is 1.93. The molecule has 0 aliphatic heterocycles. The van der Waals surface area contributed by atoms with Gasteiger partial charge in [0.05, 0.1) is 10.5 Å². The summed E-state index contributed by atoms with van der Waals surface area (Å²) in [5, 5.41) is 11.6. The molecule has 0 saturated heterocycles. The van der Waals surface area contributed by atoms with E-state index < -0.39 is 16.0 Å². The molecule has 23 heavy (non-hydrogen) atoms. The number of hydrogen-bond donors (Lipinski definition) is 2. The molecule has 5 nitrogen and oxygen atoms in total. The van der Waals surface area contributed by atoms with Gasteiger partial charge in [0.25, 0.3) is 0 Å². The number of nitrogens with one attached hydrogen (secondary N) is 1. The lowest BCUT2D eigenvalue weighted by atomic mass is 10.1. The van der Waals surface area contributed by atoms with Gasteiger partial charge in [-0.3, -0.25) is 0 Å². The van der Waals surface area contributed by atoms with Crippen molar-refractivity contribution in [3.8, 4) is 0 Å². The predicted molar refractivity (Wildman–Crippen MR) is 90.7 cm³/mol. The lowest BCUT2D eigenvalue weighted by molar-refractivity contribution is 0.0692. The molecule has 0 aromatic heterocycles. The number of rotatable bonds is 5. The molecule has 0 saturated carbocycles. The van der Waals surface area contributed by atoms with Crippen LogP contribution in [0.4, 0.5) is 0 Å². The standard InChI is InChI=1S/C10H13NO4S.C6H3Br/c1-2-7-11-16(14,15)9-6-4-3-5-8(9)10(12)13;7-6-3-4-1-2-5(4)6/h3-6,11H,2,7H2,1H3,(H,12,13);1-3H. The van der Waals surface area contributed by atoms with Gasteiger partial charge in [-0.05, 0) is 35.1 Å². The van der Waals surface area contributed by atoms with Gasteiger partial charge in [-0.1, -0.05) is 47.1 Å². The second kappa shape index (κ2) is 7.25. The Hall–Kier alpha value is -1.70. The van der Waals surface area contributed by atoms with Crippen molar-refractivity contribution in [1.29, 1.82) is 0 Å². The van der Waals surface area contributed by atoms with Crippen LogP contribution in [0.25, 0.3) is 0 Å². The van der Waals surface area contributed by atoms with Crippen LogP contribution < -0.4 is 4.72 Å². The largest absolute Gasteiger partial charge is 0.478 e. The number of hydrogen-bond acceptors (Lipinski definition) is 3. The number of benzene rings is 2. The molecular formula is C16H16BrNO4S. The molecule has 0 fully saturated rings. The molecule has 3 rings (SSSR count). The van der Waals surface area contributed by atoms with E-state index in [0.29, 0.717) is 6.42 Å². The van der Waals surface area contributed by atoms with E-state index in [1.165, 1.54) is 39.2 Å². The highest BCUT2D eigenvalue weighted by Gasteiger charge is 2.20. The van der Waals surface area contributed by atoms with Crippen LogP contribution in [0, 0.1) is 10.4 Å². The average Bonchev–Trinajstić information content (AvgIpc) is 2.51. The van der Waals surface area contributed by atoms with Crippen LogP contribution in [0.1, 0.15) is 23.7 Å². The van der Waals surface area contributed by atoms with Gasteiger partial charge in [-0.15, -0.1) is 0 Å². The Balaban J connectivity index is 0.000000223. The molecule has 1 aromatic rings. The van der Waals surface area contributed by atoms with Gasteiger partial charge in [0.1, 0.15) is 0 Å². The maximum Gasteiger partial charge on any atom is 0.337 e. The summed E-state index contributed by atoms with van der Waals surface area (Å²) in [7, 11) is -3.73. The summed E-state index contributed by atoms with van der Waals surface area (Å²) in [5.74, 6) is -1.25. The Morgan fingerprint density at radius 3 is 2.30 bits per heavy atom. The van der Waals surface area contributed by atoms with Crippen LogP contribution in [-0.2, 0) is 10.0 Å². The molecule has 0 spiro atoms. The van der Waals surface area contributed by atoms with Crippen LogP contribution in [0.5, 0.6) is 0 Å². The first-order valence-electron chi connectivity index (χ1n) is 6.98. The summed E-state index contributed by atoms with van der Waals surface area (Å²) in [5.41, 5.74) is -0.217. The highest BCUT2D eigenvalue weighted by atomic mass is 79.9. The number of carbonyl (C=O) groups is 1. The maximum atomic E-state index is 11.7. The predicted octanol–water partition coefficient (Wildman–Crippen LogP) is 3.12. The highest BCUT2D eigenvalue weighted by Crippen LogP contribution is 2.20. The van der Waals surface area contributed by atoms with Crippen molar-refractivity contribution in [1.82, 2.24) is 4.72 Å². The third-order valence-corrected chi connectivity index (χ3v) is 5.40. The first kappa shape index (κ1) is 17.7. The van der Waals surface area contributed by atoms with Crippen LogP contribution in [0.3, 0.4) is 0 Å². The van der Waals surface area contributed by atoms with Crippen molar-refractivity contribution in [2.24, 2.45) is 0 Å². The Kier molecular flexibility index (Phi) is 5.56. The number of sulfonamides is 1. The van der Waals surface area contributed by atoms with Crippen molar-refractivity contribution < 1.29 is 18.3 Å². The van der Waals surface area contributed by atoms with E-state index in [4.69, 9.17) is 5.11 Å². The number of carboxylic acids is 1. The molecule has 2 aliphatic carbocycles. The zero-order valence-electron chi connectivity index (χ0n) is 12.4. The molecule has 0 atom stereocenters. The molecule has 7 heteroatoms. The van der Waals surface area contributed by atoms with Crippen molar-refractivity contribution in [2.75, 3.05) is 6.54 Å². The van der Waals surface area contributed by atoms with Gasteiger partial charge in [0.2, 0.25) is 10.0 Å². The monoisotopic (exact) mass is 397 g/mol. The summed E-state index contributed by atoms with van der Waals surface area (Å²) in [6, 6.07) is 11.9. The highest BCUT2D eigenvalue weighted by molar-refractivity contribution is 9.10. The molecule has 0 radical (unpaired) electrons. The molecule has 0 heterocycles. The van der Waals surface area contributed by atoms with E-state index in [9.17, 15) is 13.2 Å². The van der Waals surface area contributed by atoms with Gasteiger partial charge in [0, 0.05) is 11.0 Å². The fourth-order valence-corrected chi connectivity index (χ4v) is 3.87. The van der Waals surface area contributed by atoms with E-state index in [2.05, 4.69) is 38.9 Å². The van der Waals surface area contributed by atoms with Gasteiger partial charge >= 0.3 is 5.97 Å². The van der Waals surface area contributed by atoms with Gasteiger partial charge < -0.3 is 5.11 Å². The summed E-state index contributed by atoms with van der Waals surface area (Å²) in [4.78, 5) is 10.7. The molecule has 0 bridgehead atoms. The van der Waals surface area contributed by atoms with E-state index >= 15 is 0 Å². The zero-order chi connectivity index (χ0) is 17.0. The third-order valence-electron chi connectivity index (χ3n) is 3.23. The van der Waals surface area contributed by atoms with Crippen LogP contribution >= 0.6 is 15.9 Å². The molecule has 0 amide bonds. The molecular weight excluding hydrogens is 382 g/mol. The molecule has 0 unspecified atom stereocenters. The fraction of sp³-hybridized carbons (Fsp3) is 0.188. The first-order valence-corrected chi connectivity index (χ1v) is 9.26. The lowest BCUT2D eigenvalue weighted by Gasteiger charge is -2.07. The van der Waals surface area contributed by atoms with Gasteiger partial charge in [-0.25, -0.2) is 17.9 Å². The van der Waals surface area contributed by atoms with Crippen LogP contribution in [-0.4, -0.2) is 26.0 Å². The lowest BCUT2D eigenvalue weighted by Crippen LogP contribution is -2.26. The Bertz CT molecular complexity index is 925. The topological polar surface area (TPSA) is 83.5 Å². The summed E-state index contributed by atoms with van der Waals surface area (Å²) in [6.45, 7) is 2.11. The minimum Gasteiger partial charge on any atom is -0.478 e. The van der Waals surface area contributed by atoms with Crippen molar-refractivity contribution in [3.63, 3.8) is 0 Å². The van der Waals surface area contributed by atoms with Crippen molar-refractivity contribution >= 4 is 31.9 Å². The smallest absolute Gasteiger partial charge is 0.337 e. The number of aromatic carboxylic acids is 1. The zero-order valence-corrected chi connectivity index (χ0v) is 14.8. The van der Waals surface area contributed by atoms with E-state index in [1.54, 1.807) is 0 Å². The second-order valence-corrected chi connectivity index (χ2v) is 7.48. The third kappa shape index (κ3) is 3.99. The Labute approximate surface area is 142 Å². The summed E-state index contributed by atoms with van der Waals surface area (Å²) >= 11 is 3.37. The van der Waals surface area contributed by atoms with Gasteiger partial charge in [0.15, 0.2) is 0 Å². The number of carboxylic acid groups (broad SMARTS) is 1. The van der Waals surface area contributed by atoms with Crippen molar-refractivity contribution in [2.45, 2.75) is 18.2 Å².